The number of ether oxygens (including phenoxy) is 1. The van der Waals surface area contributed by atoms with E-state index in [4.69, 9.17) is 9.84 Å². The third-order valence-electron chi connectivity index (χ3n) is 8.38. The standard InChI is InChI=1S/C40H72O4/c1-3-5-7-9-10-11-12-13-14-15-16-17-18-19-20-21-25-29-33-37-40(43)44-38(34-30-26-8-6-4-2)35-31-27-23-22-24-28-32-36-39(41)42/h5,7,10-11,13-14,38H,3-4,6,8-9,12,15-37H2,1-2H3,(H,41,42)/b7-5-,11-10-,14-13-. The van der Waals surface area contributed by atoms with Crippen LogP contribution in [0.3, 0.4) is 0 Å². The van der Waals surface area contributed by atoms with Crippen LogP contribution in [0.2, 0.25) is 0 Å². The highest BCUT2D eigenvalue weighted by Crippen LogP contribution is 2.18. The monoisotopic (exact) mass is 617 g/mol. The molecule has 4 heteroatoms. The van der Waals surface area contributed by atoms with Gasteiger partial charge in [-0.05, 0) is 70.6 Å². The van der Waals surface area contributed by atoms with Crippen molar-refractivity contribution in [2.24, 2.45) is 0 Å². The molecule has 0 radical (unpaired) electrons. The second-order valence-electron chi connectivity index (χ2n) is 12.7. The third kappa shape index (κ3) is 34.6. The minimum Gasteiger partial charge on any atom is -0.481 e. The quantitative estimate of drug-likeness (QED) is 0.0444. The summed E-state index contributed by atoms with van der Waals surface area (Å²) in [7, 11) is 0. The van der Waals surface area contributed by atoms with Crippen LogP contribution in [-0.2, 0) is 14.3 Å². The molecule has 0 saturated heterocycles. The van der Waals surface area contributed by atoms with Crippen LogP contribution in [0.1, 0.15) is 200 Å². The molecular weight excluding hydrogens is 544 g/mol. The van der Waals surface area contributed by atoms with Crippen molar-refractivity contribution in [3.05, 3.63) is 36.5 Å². The Kier molecular flexibility index (Phi) is 34.1. The number of carboxylic acid groups (broad SMARTS) is 1. The number of allylic oxidation sites excluding steroid dienone is 6. The van der Waals surface area contributed by atoms with Crippen molar-refractivity contribution >= 4 is 11.9 Å². The number of hydrogen-bond donors (Lipinski definition) is 1. The second-order valence-corrected chi connectivity index (χ2v) is 12.7. The van der Waals surface area contributed by atoms with E-state index in [0.717, 1.165) is 77.0 Å². The fraction of sp³-hybridized carbons (Fsp3) is 0.800. The summed E-state index contributed by atoms with van der Waals surface area (Å²) >= 11 is 0. The van der Waals surface area contributed by atoms with Crippen molar-refractivity contribution in [1.29, 1.82) is 0 Å². The maximum Gasteiger partial charge on any atom is 0.306 e. The number of esters is 1. The van der Waals surface area contributed by atoms with E-state index in [1.807, 2.05) is 0 Å². The molecule has 0 rings (SSSR count). The molecule has 0 aromatic carbocycles. The summed E-state index contributed by atoms with van der Waals surface area (Å²) in [5.41, 5.74) is 0. The molecule has 1 unspecified atom stereocenters. The summed E-state index contributed by atoms with van der Waals surface area (Å²) < 4.78 is 5.97. The Bertz CT molecular complexity index is 708. The van der Waals surface area contributed by atoms with Gasteiger partial charge in [0, 0.05) is 12.8 Å². The Morgan fingerprint density at radius 2 is 0.955 bits per heavy atom. The molecule has 0 amide bonds. The maximum absolute atomic E-state index is 12.6. The van der Waals surface area contributed by atoms with E-state index in [1.54, 1.807) is 0 Å². The summed E-state index contributed by atoms with van der Waals surface area (Å²) in [5, 5.41) is 8.73. The predicted octanol–water partition coefficient (Wildman–Crippen LogP) is 13.0. The first-order valence-corrected chi connectivity index (χ1v) is 19.0. The lowest BCUT2D eigenvalue weighted by atomic mass is 10.0. The summed E-state index contributed by atoms with van der Waals surface area (Å²) in [6, 6.07) is 0. The highest BCUT2D eigenvalue weighted by molar-refractivity contribution is 5.69. The van der Waals surface area contributed by atoms with Crippen LogP contribution < -0.4 is 0 Å². The van der Waals surface area contributed by atoms with Crippen molar-refractivity contribution in [3.8, 4) is 0 Å². The van der Waals surface area contributed by atoms with Crippen LogP contribution in [-0.4, -0.2) is 23.1 Å². The minimum atomic E-state index is -0.688. The average Bonchev–Trinajstić information content (AvgIpc) is 3.00. The van der Waals surface area contributed by atoms with Gasteiger partial charge in [0.25, 0.3) is 0 Å². The number of unbranched alkanes of at least 4 members (excludes halogenated alkanes) is 19. The molecule has 0 fully saturated rings. The van der Waals surface area contributed by atoms with Crippen LogP contribution in [0.25, 0.3) is 0 Å². The molecule has 0 heterocycles. The SMILES string of the molecule is CC/C=C\C/C=C\C/C=C\CCCCCCCCCCCC(=O)OC(CCCCCCC)CCCCCCCCCC(=O)O. The van der Waals surface area contributed by atoms with Gasteiger partial charge in [0.15, 0.2) is 0 Å². The van der Waals surface area contributed by atoms with Gasteiger partial charge in [-0.1, -0.05) is 153 Å². The highest BCUT2D eigenvalue weighted by Gasteiger charge is 2.14. The van der Waals surface area contributed by atoms with E-state index >= 15 is 0 Å². The fourth-order valence-corrected chi connectivity index (χ4v) is 5.61. The molecule has 4 nitrogen and oxygen atoms in total. The van der Waals surface area contributed by atoms with Crippen LogP contribution in [0.4, 0.5) is 0 Å². The molecule has 0 aliphatic heterocycles. The van der Waals surface area contributed by atoms with Gasteiger partial charge >= 0.3 is 11.9 Å². The Balaban J connectivity index is 3.83. The number of carboxylic acids is 1. The van der Waals surface area contributed by atoms with Crippen molar-refractivity contribution in [1.82, 2.24) is 0 Å². The molecule has 44 heavy (non-hydrogen) atoms. The predicted molar refractivity (Wildman–Crippen MR) is 190 cm³/mol. The number of carbonyl (C=O) groups excluding carboxylic acids is 1. The van der Waals surface area contributed by atoms with Crippen molar-refractivity contribution in [2.75, 3.05) is 0 Å². The molecule has 0 bridgehead atoms. The van der Waals surface area contributed by atoms with Gasteiger partial charge in [-0.15, -0.1) is 0 Å². The first kappa shape index (κ1) is 42.2. The summed E-state index contributed by atoms with van der Waals surface area (Å²) in [5.74, 6) is -0.678. The molecule has 0 spiro atoms. The van der Waals surface area contributed by atoms with E-state index in [9.17, 15) is 9.59 Å². The fourth-order valence-electron chi connectivity index (χ4n) is 5.61. The summed E-state index contributed by atoms with van der Waals surface area (Å²) in [4.78, 5) is 23.2. The van der Waals surface area contributed by atoms with E-state index in [1.165, 1.54) is 96.3 Å². The third-order valence-corrected chi connectivity index (χ3v) is 8.38. The zero-order chi connectivity index (χ0) is 32.2. The molecular formula is C40H72O4. The van der Waals surface area contributed by atoms with Crippen LogP contribution in [0, 0.1) is 0 Å². The van der Waals surface area contributed by atoms with Gasteiger partial charge < -0.3 is 9.84 Å². The topological polar surface area (TPSA) is 63.6 Å². The van der Waals surface area contributed by atoms with Crippen molar-refractivity contribution in [2.45, 2.75) is 206 Å². The van der Waals surface area contributed by atoms with Crippen molar-refractivity contribution < 1.29 is 19.4 Å². The first-order valence-electron chi connectivity index (χ1n) is 19.0. The second kappa shape index (κ2) is 35.6. The lowest BCUT2D eigenvalue weighted by Crippen LogP contribution is -2.18. The highest BCUT2D eigenvalue weighted by atomic mass is 16.5. The van der Waals surface area contributed by atoms with Crippen LogP contribution >= 0.6 is 0 Å². The molecule has 1 N–H and O–H groups in total. The lowest BCUT2D eigenvalue weighted by Gasteiger charge is -2.18. The molecule has 0 aromatic rings. The molecule has 1 atom stereocenters. The van der Waals surface area contributed by atoms with Gasteiger partial charge in [-0.2, -0.15) is 0 Å². The van der Waals surface area contributed by atoms with E-state index in [0.29, 0.717) is 12.8 Å². The Hall–Kier alpha value is -1.84. The van der Waals surface area contributed by atoms with Crippen molar-refractivity contribution in [3.63, 3.8) is 0 Å². The maximum atomic E-state index is 12.6. The number of carbonyl (C=O) groups is 2. The van der Waals surface area contributed by atoms with Crippen LogP contribution in [0.15, 0.2) is 36.5 Å². The van der Waals surface area contributed by atoms with Gasteiger partial charge in [0.2, 0.25) is 0 Å². The van der Waals surface area contributed by atoms with E-state index in [2.05, 4.69) is 50.3 Å². The summed E-state index contributed by atoms with van der Waals surface area (Å²) in [6.07, 6.45) is 46.0. The zero-order valence-corrected chi connectivity index (χ0v) is 29.2. The summed E-state index contributed by atoms with van der Waals surface area (Å²) in [6.45, 7) is 4.41. The number of rotatable bonds is 34. The molecule has 0 aliphatic rings. The first-order chi connectivity index (χ1) is 21.6. The van der Waals surface area contributed by atoms with E-state index in [-0.39, 0.29) is 12.1 Å². The van der Waals surface area contributed by atoms with Crippen LogP contribution in [0.5, 0.6) is 0 Å². The Labute approximate surface area is 273 Å². The number of aliphatic carboxylic acids is 1. The largest absolute Gasteiger partial charge is 0.481 e. The Morgan fingerprint density at radius 1 is 0.523 bits per heavy atom. The lowest BCUT2D eigenvalue weighted by molar-refractivity contribution is -0.150. The van der Waals surface area contributed by atoms with Gasteiger partial charge in [-0.3, -0.25) is 9.59 Å². The molecule has 0 aromatic heterocycles. The normalized spacial score (nSPS) is 12.6. The zero-order valence-electron chi connectivity index (χ0n) is 29.2. The number of hydrogen-bond acceptors (Lipinski definition) is 3. The van der Waals surface area contributed by atoms with Gasteiger partial charge in [0.1, 0.15) is 6.10 Å². The molecule has 0 saturated carbocycles. The molecule has 256 valence electrons. The van der Waals surface area contributed by atoms with Gasteiger partial charge in [-0.25, -0.2) is 0 Å². The average molecular weight is 617 g/mol. The van der Waals surface area contributed by atoms with E-state index < -0.39 is 5.97 Å². The van der Waals surface area contributed by atoms with Gasteiger partial charge in [0.05, 0.1) is 0 Å². The Morgan fingerprint density at radius 3 is 1.48 bits per heavy atom. The minimum absolute atomic E-state index is 0.0104. The molecule has 0 aliphatic carbocycles. The smallest absolute Gasteiger partial charge is 0.306 e.